The van der Waals surface area contributed by atoms with Crippen LogP contribution in [0.1, 0.15) is 31.4 Å². The van der Waals surface area contributed by atoms with E-state index in [-0.39, 0.29) is 35.6 Å². The van der Waals surface area contributed by atoms with Crippen LogP contribution in [-0.2, 0) is 9.47 Å². The smallest absolute Gasteiger partial charge is 0.191 e. The highest BCUT2D eigenvalue weighted by Gasteiger charge is 2.30. The number of nitrogens with zero attached hydrogens (tertiary/aromatic N) is 2. The molecule has 0 aliphatic carbocycles. The summed E-state index contributed by atoms with van der Waals surface area (Å²) in [7, 11) is 3.50. The topological polar surface area (TPSA) is 67.4 Å². The largest absolute Gasteiger partial charge is 0.497 e. The summed E-state index contributed by atoms with van der Waals surface area (Å²) in [6.45, 7) is 7.94. The van der Waals surface area contributed by atoms with Crippen molar-refractivity contribution in [3.63, 3.8) is 0 Å². The first kappa shape index (κ1) is 24.2. The van der Waals surface area contributed by atoms with Crippen molar-refractivity contribution in [1.29, 1.82) is 0 Å². The lowest BCUT2D eigenvalue weighted by molar-refractivity contribution is 0.0167. The maximum atomic E-state index is 5.87. The van der Waals surface area contributed by atoms with Crippen molar-refractivity contribution < 1.29 is 14.2 Å². The number of nitrogens with one attached hydrogen (secondary N) is 2. The number of ether oxygens (including phenoxy) is 3. The molecule has 2 atom stereocenters. The first-order valence-corrected chi connectivity index (χ1v) is 10.2. The van der Waals surface area contributed by atoms with Crippen molar-refractivity contribution in [2.75, 3.05) is 60.2 Å². The Kier molecular flexibility index (Phi) is 9.94. The average molecular weight is 518 g/mol. The van der Waals surface area contributed by atoms with Crippen molar-refractivity contribution in [3.05, 3.63) is 29.8 Å². The summed E-state index contributed by atoms with van der Waals surface area (Å²) in [5.74, 6) is 1.68. The van der Waals surface area contributed by atoms with E-state index in [9.17, 15) is 0 Å². The van der Waals surface area contributed by atoms with Crippen LogP contribution in [0.15, 0.2) is 29.3 Å². The Morgan fingerprint density at radius 3 is 2.52 bits per heavy atom. The molecule has 2 N–H and O–H groups in total. The third kappa shape index (κ3) is 6.97. The van der Waals surface area contributed by atoms with Crippen LogP contribution in [0.5, 0.6) is 5.75 Å². The molecule has 1 aromatic rings. The van der Waals surface area contributed by atoms with Crippen LogP contribution >= 0.6 is 24.0 Å². The van der Waals surface area contributed by atoms with Crippen molar-refractivity contribution in [2.24, 2.45) is 4.99 Å². The zero-order valence-corrected chi connectivity index (χ0v) is 20.1. The van der Waals surface area contributed by atoms with Gasteiger partial charge in [-0.05, 0) is 37.5 Å². The SMILES string of the molecule is CN=C(NCC(c1ccc(OC)cc1)N1CCOCC1)NCC1(C)CCCO1.I. The van der Waals surface area contributed by atoms with Crippen LogP contribution in [0.2, 0.25) is 0 Å². The molecule has 0 amide bonds. The summed E-state index contributed by atoms with van der Waals surface area (Å²) >= 11 is 0. The van der Waals surface area contributed by atoms with Gasteiger partial charge in [-0.1, -0.05) is 12.1 Å². The second-order valence-electron chi connectivity index (χ2n) is 7.65. The van der Waals surface area contributed by atoms with Crippen LogP contribution < -0.4 is 15.4 Å². The molecule has 8 heteroatoms. The number of benzene rings is 1. The summed E-state index contributed by atoms with van der Waals surface area (Å²) in [5, 5.41) is 6.94. The Hall–Kier alpha value is -1.10. The van der Waals surface area contributed by atoms with Gasteiger partial charge in [0.15, 0.2) is 5.96 Å². The molecule has 0 spiro atoms. The first-order chi connectivity index (χ1) is 13.6. The van der Waals surface area contributed by atoms with E-state index in [0.717, 1.165) is 70.6 Å². The summed E-state index contributed by atoms with van der Waals surface area (Å²) in [6, 6.07) is 8.57. The summed E-state index contributed by atoms with van der Waals surface area (Å²) in [5.41, 5.74) is 1.16. The second-order valence-corrected chi connectivity index (χ2v) is 7.65. The highest BCUT2D eigenvalue weighted by atomic mass is 127. The van der Waals surface area contributed by atoms with E-state index in [4.69, 9.17) is 14.2 Å². The van der Waals surface area contributed by atoms with Gasteiger partial charge in [-0.3, -0.25) is 9.89 Å². The molecule has 0 aromatic heterocycles. The number of methoxy groups -OCH3 is 1. The molecule has 0 bridgehead atoms. The van der Waals surface area contributed by atoms with Crippen LogP contribution in [0.3, 0.4) is 0 Å². The Balaban J connectivity index is 0.00000300. The Morgan fingerprint density at radius 1 is 1.21 bits per heavy atom. The quantitative estimate of drug-likeness (QED) is 0.329. The minimum Gasteiger partial charge on any atom is -0.497 e. The van der Waals surface area contributed by atoms with E-state index in [2.05, 4.69) is 39.6 Å². The minimum absolute atomic E-state index is 0. The van der Waals surface area contributed by atoms with Crippen molar-refractivity contribution in [1.82, 2.24) is 15.5 Å². The van der Waals surface area contributed by atoms with Gasteiger partial charge in [-0.2, -0.15) is 0 Å². The number of halogens is 1. The van der Waals surface area contributed by atoms with Gasteiger partial charge < -0.3 is 24.8 Å². The number of aliphatic imine (C=N–C) groups is 1. The van der Waals surface area contributed by atoms with Gasteiger partial charge in [0.2, 0.25) is 0 Å². The zero-order valence-electron chi connectivity index (χ0n) is 17.8. The summed E-state index contributed by atoms with van der Waals surface area (Å²) in [4.78, 5) is 6.86. The van der Waals surface area contributed by atoms with Crippen LogP contribution in [-0.4, -0.2) is 76.6 Å². The highest BCUT2D eigenvalue weighted by Crippen LogP contribution is 2.25. The molecule has 0 saturated carbocycles. The molecule has 2 aliphatic heterocycles. The van der Waals surface area contributed by atoms with Gasteiger partial charge in [0.25, 0.3) is 0 Å². The zero-order chi connectivity index (χ0) is 19.8. The number of rotatable bonds is 7. The average Bonchev–Trinajstić information content (AvgIpc) is 3.18. The number of morpholine rings is 1. The van der Waals surface area contributed by atoms with Crippen molar-refractivity contribution >= 4 is 29.9 Å². The Morgan fingerprint density at radius 2 is 1.93 bits per heavy atom. The van der Waals surface area contributed by atoms with E-state index in [1.807, 2.05) is 19.2 Å². The number of guanidine groups is 1. The molecular formula is C21H35IN4O3. The standard InChI is InChI=1S/C21H34N4O3.HI/c1-21(9-4-12-28-21)16-24-20(22-2)23-15-19(25-10-13-27-14-11-25)17-5-7-18(26-3)8-6-17;/h5-8,19H,4,9-16H2,1-3H3,(H2,22,23,24);1H. The molecule has 2 unspecified atom stereocenters. The Labute approximate surface area is 191 Å². The molecule has 2 saturated heterocycles. The molecule has 3 rings (SSSR count). The fourth-order valence-corrected chi connectivity index (χ4v) is 3.83. The van der Waals surface area contributed by atoms with Crippen LogP contribution in [0, 0.1) is 0 Å². The third-order valence-electron chi connectivity index (χ3n) is 5.60. The lowest BCUT2D eigenvalue weighted by atomic mass is 10.0. The molecule has 0 radical (unpaired) electrons. The normalized spacial score (nSPS) is 23.9. The van der Waals surface area contributed by atoms with Gasteiger partial charge in [0.1, 0.15) is 5.75 Å². The molecule has 2 aliphatic rings. The molecular weight excluding hydrogens is 483 g/mol. The first-order valence-electron chi connectivity index (χ1n) is 10.2. The van der Waals surface area contributed by atoms with E-state index >= 15 is 0 Å². The van der Waals surface area contributed by atoms with E-state index < -0.39 is 0 Å². The Bertz CT molecular complexity index is 629. The van der Waals surface area contributed by atoms with Crippen molar-refractivity contribution in [2.45, 2.75) is 31.4 Å². The molecule has 7 nitrogen and oxygen atoms in total. The van der Waals surface area contributed by atoms with Gasteiger partial charge in [-0.15, -0.1) is 24.0 Å². The number of hydrogen-bond acceptors (Lipinski definition) is 5. The maximum Gasteiger partial charge on any atom is 0.191 e. The monoisotopic (exact) mass is 518 g/mol. The summed E-state index contributed by atoms with van der Waals surface area (Å²) in [6.07, 6.45) is 2.21. The maximum absolute atomic E-state index is 5.87. The van der Waals surface area contributed by atoms with Gasteiger partial charge in [-0.25, -0.2) is 0 Å². The highest BCUT2D eigenvalue weighted by molar-refractivity contribution is 14.0. The molecule has 1 aromatic carbocycles. The molecule has 2 fully saturated rings. The van der Waals surface area contributed by atoms with E-state index in [1.54, 1.807) is 7.11 Å². The fourth-order valence-electron chi connectivity index (χ4n) is 3.83. The van der Waals surface area contributed by atoms with Crippen LogP contribution in [0.4, 0.5) is 0 Å². The predicted octanol–water partition coefficient (Wildman–Crippen LogP) is 2.42. The van der Waals surface area contributed by atoms with Gasteiger partial charge in [0.05, 0.1) is 32.0 Å². The summed E-state index contributed by atoms with van der Waals surface area (Å²) < 4.78 is 16.7. The molecule has 2 heterocycles. The lowest BCUT2D eigenvalue weighted by Crippen LogP contribution is -2.49. The fraction of sp³-hybridized carbons (Fsp3) is 0.667. The van der Waals surface area contributed by atoms with Gasteiger partial charge >= 0.3 is 0 Å². The number of hydrogen-bond donors (Lipinski definition) is 2. The van der Waals surface area contributed by atoms with E-state index in [0.29, 0.717) is 0 Å². The van der Waals surface area contributed by atoms with Crippen LogP contribution in [0.25, 0.3) is 0 Å². The minimum atomic E-state index is -0.1000. The van der Waals surface area contributed by atoms with Crippen molar-refractivity contribution in [3.8, 4) is 5.75 Å². The molecule has 164 valence electrons. The lowest BCUT2D eigenvalue weighted by Gasteiger charge is -2.35. The van der Waals surface area contributed by atoms with Gasteiger partial charge in [0, 0.05) is 39.8 Å². The van der Waals surface area contributed by atoms with E-state index in [1.165, 1.54) is 5.56 Å². The second kappa shape index (κ2) is 11.9. The third-order valence-corrected chi connectivity index (χ3v) is 5.60. The molecule has 29 heavy (non-hydrogen) atoms. The predicted molar refractivity (Wildman–Crippen MR) is 126 cm³/mol.